The largest absolute Gasteiger partial charge is 0.479 e. The maximum Gasteiger partial charge on any atom is 0.343 e. The van der Waals surface area contributed by atoms with Gasteiger partial charge in [-0.15, -0.1) is 0 Å². The van der Waals surface area contributed by atoms with Crippen molar-refractivity contribution in [1.29, 1.82) is 0 Å². The van der Waals surface area contributed by atoms with Crippen LogP contribution in [0.25, 0.3) is 21.5 Å². The predicted octanol–water partition coefficient (Wildman–Crippen LogP) is 7.28. The van der Waals surface area contributed by atoms with Crippen LogP contribution >= 0.6 is 15.9 Å². The highest BCUT2D eigenvalue weighted by molar-refractivity contribution is 9.10. The molecule has 0 heterocycles. The zero-order valence-electron chi connectivity index (χ0n) is 21.1. The number of benzene rings is 5. The van der Waals surface area contributed by atoms with Crippen LogP contribution in [0, 0.1) is 0 Å². The van der Waals surface area contributed by atoms with Gasteiger partial charge in [0.15, 0.2) is 6.10 Å². The minimum atomic E-state index is -0.762. The van der Waals surface area contributed by atoms with Crippen LogP contribution in [0.5, 0.6) is 11.5 Å². The molecule has 0 radical (unpaired) electrons. The molecule has 0 spiro atoms. The molecule has 5 aromatic carbocycles. The maximum absolute atomic E-state index is 13.0. The van der Waals surface area contributed by atoms with Crippen molar-refractivity contribution in [3.05, 3.63) is 119 Å². The molecule has 0 unspecified atom stereocenters. The highest BCUT2D eigenvalue weighted by Crippen LogP contribution is 2.34. The van der Waals surface area contributed by atoms with E-state index in [-0.39, 0.29) is 0 Å². The number of ether oxygens (including phenoxy) is 2. The van der Waals surface area contributed by atoms with E-state index in [0.29, 0.717) is 29.0 Å². The summed E-state index contributed by atoms with van der Waals surface area (Å²) in [7, 11) is 0. The summed E-state index contributed by atoms with van der Waals surface area (Å²) in [6, 6.07) is 31.8. The summed E-state index contributed by atoms with van der Waals surface area (Å²) >= 11 is 3.61. The second-order valence-corrected chi connectivity index (χ2v) is 9.59. The summed E-state index contributed by atoms with van der Waals surface area (Å²) in [6.07, 6.45) is 1.17. The Morgan fingerprint density at radius 2 is 1.44 bits per heavy atom. The molecule has 0 aliphatic carbocycles. The number of hydrogen-bond donors (Lipinski definition) is 1. The van der Waals surface area contributed by atoms with Gasteiger partial charge in [0.2, 0.25) is 0 Å². The number of amides is 1. The highest BCUT2D eigenvalue weighted by Gasteiger charge is 2.20. The number of carbonyl (C=O) groups excluding carboxylic acids is 2. The summed E-state index contributed by atoms with van der Waals surface area (Å²) in [5, 5.41) is 8.05. The second kappa shape index (κ2) is 11.9. The van der Waals surface area contributed by atoms with Crippen molar-refractivity contribution in [1.82, 2.24) is 5.43 Å². The first-order chi connectivity index (χ1) is 19.0. The average Bonchev–Trinajstić information content (AvgIpc) is 2.98. The molecule has 1 amide bonds. The quantitative estimate of drug-likeness (QED) is 0.0905. The number of fused-ring (bicyclic) bond motifs is 2. The maximum atomic E-state index is 13.0. The number of esters is 1. The summed E-state index contributed by atoms with van der Waals surface area (Å²) < 4.78 is 12.6. The molecule has 0 saturated carbocycles. The molecule has 39 heavy (non-hydrogen) atoms. The van der Waals surface area contributed by atoms with Crippen LogP contribution < -0.4 is 14.9 Å². The number of carbonyl (C=O) groups is 2. The SMILES string of the molecule is CC[C@@H](Oc1ccc2ccccc2c1Br)C(=O)N/N=C\c1c(OC(=O)c2ccccc2)ccc2ccccc12. The van der Waals surface area contributed by atoms with Crippen molar-refractivity contribution in [2.24, 2.45) is 5.10 Å². The van der Waals surface area contributed by atoms with Gasteiger partial charge in [0.05, 0.1) is 16.3 Å². The van der Waals surface area contributed by atoms with Crippen molar-refractivity contribution in [3.8, 4) is 11.5 Å². The minimum Gasteiger partial charge on any atom is -0.479 e. The van der Waals surface area contributed by atoms with Crippen LogP contribution in [0.3, 0.4) is 0 Å². The molecule has 0 saturated heterocycles. The number of hydrazone groups is 1. The third kappa shape index (κ3) is 5.84. The molecular weight excluding hydrogens is 556 g/mol. The molecule has 0 bridgehead atoms. The van der Waals surface area contributed by atoms with E-state index in [9.17, 15) is 9.59 Å². The van der Waals surface area contributed by atoms with Crippen LogP contribution in [0.2, 0.25) is 0 Å². The lowest BCUT2D eigenvalue weighted by Gasteiger charge is -2.17. The van der Waals surface area contributed by atoms with Gasteiger partial charge in [-0.2, -0.15) is 5.10 Å². The van der Waals surface area contributed by atoms with E-state index in [0.717, 1.165) is 26.0 Å². The van der Waals surface area contributed by atoms with Crippen molar-refractivity contribution < 1.29 is 19.1 Å². The molecule has 1 N–H and O–H groups in total. The summed E-state index contributed by atoms with van der Waals surface area (Å²) in [4.78, 5) is 25.7. The van der Waals surface area contributed by atoms with Gasteiger partial charge >= 0.3 is 5.97 Å². The van der Waals surface area contributed by atoms with Gasteiger partial charge in [0, 0.05) is 5.56 Å². The normalized spacial score (nSPS) is 11.9. The number of rotatable bonds is 8. The third-order valence-corrected chi connectivity index (χ3v) is 7.09. The minimum absolute atomic E-state index is 0.337. The Morgan fingerprint density at radius 1 is 0.821 bits per heavy atom. The molecule has 0 aliphatic rings. The Balaban J connectivity index is 1.36. The monoisotopic (exact) mass is 580 g/mol. The van der Waals surface area contributed by atoms with Gasteiger partial charge in [-0.05, 0) is 68.2 Å². The predicted molar refractivity (Wildman–Crippen MR) is 157 cm³/mol. The van der Waals surface area contributed by atoms with Crippen LogP contribution in [-0.2, 0) is 4.79 Å². The Hall–Kier alpha value is -4.49. The van der Waals surface area contributed by atoms with E-state index in [4.69, 9.17) is 9.47 Å². The van der Waals surface area contributed by atoms with Crippen LogP contribution in [0.4, 0.5) is 0 Å². The smallest absolute Gasteiger partial charge is 0.343 e. The van der Waals surface area contributed by atoms with E-state index in [1.165, 1.54) is 6.21 Å². The first-order valence-corrected chi connectivity index (χ1v) is 13.3. The topological polar surface area (TPSA) is 77.0 Å². The lowest BCUT2D eigenvalue weighted by atomic mass is 10.0. The first kappa shape index (κ1) is 26.1. The summed E-state index contributed by atoms with van der Waals surface area (Å²) in [6.45, 7) is 1.87. The summed E-state index contributed by atoms with van der Waals surface area (Å²) in [5.74, 6) is 0.0367. The van der Waals surface area contributed by atoms with E-state index >= 15 is 0 Å². The molecule has 5 rings (SSSR count). The lowest BCUT2D eigenvalue weighted by molar-refractivity contribution is -0.128. The van der Waals surface area contributed by atoms with Crippen molar-refractivity contribution in [3.63, 3.8) is 0 Å². The Morgan fingerprint density at radius 3 is 2.15 bits per heavy atom. The molecule has 1 atom stereocenters. The van der Waals surface area contributed by atoms with Gasteiger partial charge in [0.25, 0.3) is 5.91 Å². The zero-order chi connectivity index (χ0) is 27.2. The average molecular weight is 581 g/mol. The molecule has 6 nitrogen and oxygen atoms in total. The molecular formula is C32H25BrN2O4. The Kier molecular flexibility index (Phi) is 7.99. The number of nitrogens with one attached hydrogen (secondary N) is 1. The lowest BCUT2D eigenvalue weighted by Crippen LogP contribution is -2.35. The van der Waals surface area contributed by atoms with Crippen LogP contribution in [0.15, 0.2) is 113 Å². The van der Waals surface area contributed by atoms with Crippen molar-refractivity contribution in [2.75, 3.05) is 0 Å². The fourth-order valence-corrected chi connectivity index (χ4v) is 4.83. The summed E-state index contributed by atoms with van der Waals surface area (Å²) in [5.41, 5.74) is 3.59. The van der Waals surface area contributed by atoms with E-state index in [2.05, 4.69) is 26.5 Å². The van der Waals surface area contributed by atoms with E-state index < -0.39 is 18.0 Å². The molecule has 5 aromatic rings. The van der Waals surface area contributed by atoms with Crippen LogP contribution in [-0.4, -0.2) is 24.2 Å². The Labute approximate surface area is 234 Å². The third-order valence-electron chi connectivity index (χ3n) is 6.27. The standard InChI is InChI=1S/C32H25BrN2O4/c1-2-27(38-29-19-17-22-11-7-9-15-25(22)30(29)33)31(36)35-34-20-26-24-14-8-6-10-21(24)16-18-28(26)39-32(37)23-12-4-3-5-13-23/h3-20,27H,2H2,1H3,(H,35,36)/b34-20-/t27-/m1/s1. The molecule has 0 fully saturated rings. The zero-order valence-corrected chi connectivity index (χ0v) is 22.7. The fraction of sp³-hybridized carbons (Fsp3) is 0.0938. The van der Waals surface area contributed by atoms with Gasteiger partial charge < -0.3 is 9.47 Å². The van der Waals surface area contributed by atoms with E-state index in [1.807, 2.05) is 79.7 Å². The van der Waals surface area contributed by atoms with Gasteiger partial charge in [0.1, 0.15) is 11.5 Å². The molecule has 194 valence electrons. The first-order valence-electron chi connectivity index (χ1n) is 12.5. The fourth-order valence-electron chi connectivity index (χ4n) is 4.24. The number of halogens is 1. The molecule has 0 aliphatic heterocycles. The second-order valence-electron chi connectivity index (χ2n) is 8.80. The van der Waals surface area contributed by atoms with E-state index in [1.54, 1.807) is 30.3 Å². The van der Waals surface area contributed by atoms with Crippen LogP contribution in [0.1, 0.15) is 29.3 Å². The van der Waals surface area contributed by atoms with Gasteiger partial charge in [-0.3, -0.25) is 4.79 Å². The van der Waals surface area contributed by atoms with Gasteiger partial charge in [-0.25, -0.2) is 10.2 Å². The van der Waals surface area contributed by atoms with Gasteiger partial charge in [-0.1, -0.05) is 85.8 Å². The highest BCUT2D eigenvalue weighted by atomic mass is 79.9. The molecule has 7 heteroatoms. The van der Waals surface area contributed by atoms with Crippen molar-refractivity contribution >= 4 is 55.6 Å². The Bertz CT molecular complexity index is 1680. The molecule has 0 aromatic heterocycles. The number of nitrogens with zero attached hydrogens (tertiary/aromatic N) is 1. The number of hydrogen-bond acceptors (Lipinski definition) is 5. The van der Waals surface area contributed by atoms with Crippen molar-refractivity contribution in [2.45, 2.75) is 19.4 Å².